The fourth-order valence-corrected chi connectivity index (χ4v) is 2.07. The molecule has 2 N–H and O–H groups in total. The molecule has 4 nitrogen and oxygen atoms in total. The fourth-order valence-electron chi connectivity index (χ4n) is 2.07. The fraction of sp³-hybridized carbons (Fsp3) is 0.556. The number of hydrogen-bond acceptors (Lipinski definition) is 2. The minimum atomic E-state index is -1.09. The highest BCUT2D eigenvalue weighted by atomic mass is 16.2. The maximum Gasteiger partial charge on any atom is 0.239 e. The van der Waals surface area contributed by atoms with Gasteiger partial charge in [-0.15, -0.1) is 0 Å². The van der Waals surface area contributed by atoms with Crippen LogP contribution in [0.3, 0.4) is 0 Å². The quantitative estimate of drug-likeness (QED) is 0.597. The van der Waals surface area contributed by atoms with E-state index in [1.807, 2.05) is 32.0 Å². The van der Waals surface area contributed by atoms with E-state index in [4.69, 9.17) is 0 Å². The summed E-state index contributed by atoms with van der Waals surface area (Å²) in [6.07, 6.45) is 3.12. The molecular formula is C18H28N2O2. The molecule has 0 aromatic heterocycles. The van der Waals surface area contributed by atoms with Gasteiger partial charge in [0.25, 0.3) is 0 Å². The molecule has 0 heterocycles. The van der Waals surface area contributed by atoms with Gasteiger partial charge in [-0.25, -0.2) is 0 Å². The zero-order valence-electron chi connectivity index (χ0n) is 14.4. The minimum absolute atomic E-state index is 0.230. The summed E-state index contributed by atoms with van der Waals surface area (Å²) in [6, 6.07) is 5.75. The standard InChI is InChI=1S/C18H28N2O2/c1-6-7-8-12-19-16(21)18(4,5)17(22)20-15-11-9-10-13(2)14(15)3/h9-11H,6-8,12H2,1-5H3,(H,19,21)(H,20,22). The number of nitrogens with one attached hydrogen (secondary N) is 2. The normalized spacial score (nSPS) is 11.1. The van der Waals surface area contributed by atoms with Gasteiger partial charge in [-0.3, -0.25) is 9.59 Å². The lowest BCUT2D eigenvalue weighted by Gasteiger charge is -2.23. The average Bonchev–Trinajstić information content (AvgIpc) is 2.48. The van der Waals surface area contributed by atoms with Crippen molar-refractivity contribution >= 4 is 17.5 Å². The number of rotatable bonds is 7. The van der Waals surface area contributed by atoms with Gasteiger partial charge in [0, 0.05) is 12.2 Å². The SMILES string of the molecule is CCCCCNC(=O)C(C)(C)C(=O)Nc1cccc(C)c1C. The summed E-state index contributed by atoms with van der Waals surface area (Å²) < 4.78 is 0. The molecule has 2 amide bonds. The Morgan fingerprint density at radius 3 is 2.41 bits per heavy atom. The Morgan fingerprint density at radius 2 is 1.77 bits per heavy atom. The van der Waals surface area contributed by atoms with Gasteiger partial charge >= 0.3 is 0 Å². The summed E-state index contributed by atoms with van der Waals surface area (Å²) in [4.78, 5) is 24.7. The molecule has 1 aromatic carbocycles. The molecular weight excluding hydrogens is 276 g/mol. The molecule has 122 valence electrons. The van der Waals surface area contributed by atoms with Gasteiger partial charge in [0.2, 0.25) is 11.8 Å². The predicted octanol–water partition coefficient (Wildman–Crippen LogP) is 3.57. The molecule has 0 saturated heterocycles. The van der Waals surface area contributed by atoms with E-state index in [-0.39, 0.29) is 11.8 Å². The summed E-state index contributed by atoms with van der Waals surface area (Å²) >= 11 is 0. The molecule has 0 atom stereocenters. The molecule has 0 aliphatic rings. The van der Waals surface area contributed by atoms with E-state index in [0.29, 0.717) is 6.54 Å². The molecule has 0 spiro atoms. The van der Waals surface area contributed by atoms with Gasteiger partial charge < -0.3 is 10.6 Å². The molecule has 0 radical (unpaired) electrons. The van der Waals surface area contributed by atoms with Crippen molar-refractivity contribution in [2.24, 2.45) is 5.41 Å². The second-order valence-corrected chi connectivity index (χ2v) is 6.29. The summed E-state index contributed by atoms with van der Waals surface area (Å²) in [7, 11) is 0. The molecule has 1 rings (SSSR count). The Balaban J connectivity index is 2.69. The third kappa shape index (κ3) is 4.58. The Labute approximate surface area is 133 Å². The molecule has 1 aromatic rings. The van der Waals surface area contributed by atoms with Gasteiger partial charge in [0.1, 0.15) is 5.41 Å². The zero-order chi connectivity index (χ0) is 16.8. The van der Waals surface area contributed by atoms with Crippen molar-refractivity contribution in [3.05, 3.63) is 29.3 Å². The first kappa shape index (κ1) is 18.2. The molecule has 0 unspecified atom stereocenters. The van der Waals surface area contributed by atoms with E-state index in [1.165, 1.54) is 0 Å². The van der Waals surface area contributed by atoms with Gasteiger partial charge in [0.05, 0.1) is 0 Å². The maximum atomic E-state index is 12.5. The van der Waals surface area contributed by atoms with Crippen LogP contribution in [0.15, 0.2) is 18.2 Å². The third-order valence-corrected chi connectivity index (χ3v) is 4.05. The number of amides is 2. The first-order chi connectivity index (χ1) is 10.3. The first-order valence-electron chi connectivity index (χ1n) is 7.96. The molecule has 0 saturated carbocycles. The molecule has 0 aliphatic carbocycles. The highest BCUT2D eigenvalue weighted by Crippen LogP contribution is 2.23. The molecule has 4 heteroatoms. The van der Waals surface area contributed by atoms with Crippen molar-refractivity contribution < 1.29 is 9.59 Å². The maximum absolute atomic E-state index is 12.5. The van der Waals surface area contributed by atoms with Crippen molar-refractivity contribution in [2.75, 3.05) is 11.9 Å². The van der Waals surface area contributed by atoms with Crippen LogP contribution in [-0.4, -0.2) is 18.4 Å². The van der Waals surface area contributed by atoms with Crippen LogP contribution in [0.5, 0.6) is 0 Å². The lowest BCUT2D eigenvalue weighted by molar-refractivity contribution is -0.138. The highest BCUT2D eigenvalue weighted by molar-refractivity contribution is 6.10. The molecule has 0 bridgehead atoms. The number of carbonyl (C=O) groups is 2. The average molecular weight is 304 g/mol. The van der Waals surface area contributed by atoms with E-state index < -0.39 is 5.41 Å². The lowest BCUT2D eigenvalue weighted by Crippen LogP contribution is -2.45. The predicted molar refractivity (Wildman–Crippen MR) is 90.9 cm³/mol. The second-order valence-electron chi connectivity index (χ2n) is 6.29. The number of unbranched alkanes of at least 4 members (excludes halogenated alkanes) is 2. The number of carbonyl (C=O) groups excluding carboxylic acids is 2. The Hall–Kier alpha value is -1.84. The number of anilines is 1. The minimum Gasteiger partial charge on any atom is -0.355 e. The Morgan fingerprint density at radius 1 is 1.09 bits per heavy atom. The van der Waals surface area contributed by atoms with Crippen LogP contribution in [-0.2, 0) is 9.59 Å². The number of aryl methyl sites for hydroxylation is 1. The van der Waals surface area contributed by atoms with Crippen molar-refractivity contribution in [1.29, 1.82) is 0 Å². The van der Waals surface area contributed by atoms with Gasteiger partial charge in [-0.1, -0.05) is 31.9 Å². The van der Waals surface area contributed by atoms with E-state index >= 15 is 0 Å². The number of benzene rings is 1. The topological polar surface area (TPSA) is 58.2 Å². The summed E-state index contributed by atoms with van der Waals surface area (Å²) in [5, 5.41) is 5.72. The van der Waals surface area contributed by atoms with Crippen molar-refractivity contribution in [3.63, 3.8) is 0 Å². The van der Waals surface area contributed by atoms with Crippen molar-refractivity contribution in [3.8, 4) is 0 Å². The van der Waals surface area contributed by atoms with Crippen LogP contribution in [0.1, 0.15) is 51.2 Å². The van der Waals surface area contributed by atoms with Crippen molar-refractivity contribution in [1.82, 2.24) is 5.32 Å². The van der Waals surface area contributed by atoms with Gasteiger partial charge in [-0.2, -0.15) is 0 Å². The third-order valence-electron chi connectivity index (χ3n) is 4.05. The molecule has 22 heavy (non-hydrogen) atoms. The molecule has 0 fully saturated rings. The van der Waals surface area contributed by atoms with Crippen LogP contribution in [0, 0.1) is 19.3 Å². The van der Waals surface area contributed by atoms with Crippen LogP contribution in [0.25, 0.3) is 0 Å². The monoisotopic (exact) mass is 304 g/mol. The van der Waals surface area contributed by atoms with E-state index in [0.717, 1.165) is 36.1 Å². The summed E-state index contributed by atoms with van der Waals surface area (Å²) in [6.45, 7) is 10.0. The van der Waals surface area contributed by atoms with Gasteiger partial charge in [0.15, 0.2) is 0 Å². The lowest BCUT2D eigenvalue weighted by atomic mass is 9.90. The van der Waals surface area contributed by atoms with Crippen LogP contribution in [0.2, 0.25) is 0 Å². The molecule has 0 aliphatic heterocycles. The first-order valence-corrected chi connectivity index (χ1v) is 7.96. The van der Waals surface area contributed by atoms with Crippen LogP contribution in [0.4, 0.5) is 5.69 Å². The van der Waals surface area contributed by atoms with E-state index in [9.17, 15) is 9.59 Å². The van der Waals surface area contributed by atoms with E-state index in [1.54, 1.807) is 13.8 Å². The summed E-state index contributed by atoms with van der Waals surface area (Å²) in [5.41, 5.74) is 1.80. The number of hydrogen-bond donors (Lipinski definition) is 2. The highest BCUT2D eigenvalue weighted by Gasteiger charge is 2.36. The zero-order valence-corrected chi connectivity index (χ0v) is 14.4. The van der Waals surface area contributed by atoms with Crippen LogP contribution >= 0.6 is 0 Å². The van der Waals surface area contributed by atoms with Gasteiger partial charge in [-0.05, 0) is 51.3 Å². The van der Waals surface area contributed by atoms with Crippen LogP contribution < -0.4 is 10.6 Å². The largest absolute Gasteiger partial charge is 0.355 e. The summed E-state index contributed by atoms with van der Waals surface area (Å²) in [5.74, 6) is -0.513. The second kappa shape index (κ2) is 7.97. The van der Waals surface area contributed by atoms with Crippen molar-refractivity contribution in [2.45, 2.75) is 53.9 Å². The van der Waals surface area contributed by atoms with E-state index in [2.05, 4.69) is 17.6 Å². The Bertz CT molecular complexity index is 536. The Kier molecular flexibility index (Phi) is 6.60. The smallest absolute Gasteiger partial charge is 0.239 e.